The number of rotatable bonds is 10. The van der Waals surface area contributed by atoms with Crippen molar-refractivity contribution in [1.29, 1.82) is 0 Å². The summed E-state index contributed by atoms with van der Waals surface area (Å²) in [6, 6.07) is 5.87. The lowest BCUT2D eigenvalue weighted by atomic mass is 9.36. The summed E-state index contributed by atoms with van der Waals surface area (Å²) >= 11 is 0. The van der Waals surface area contributed by atoms with Gasteiger partial charge in [-0.15, -0.1) is 0 Å². The van der Waals surface area contributed by atoms with Crippen molar-refractivity contribution in [3.63, 3.8) is 0 Å². The van der Waals surface area contributed by atoms with E-state index in [1.54, 1.807) is 20.0 Å². The molecule has 3 N–H and O–H groups in total. The van der Waals surface area contributed by atoms with Gasteiger partial charge in [0.1, 0.15) is 6.10 Å². The fraction of sp³-hybridized carbons (Fsp3) is 0.762. The summed E-state index contributed by atoms with van der Waals surface area (Å²) in [5, 5.41) is 25.1. The smallest absolute Gasteiger partial charge is 0.309 e. The summed E-state index contributed by atoms with van der Waals surface area (Å²) in [4.78, 5) is 43.1. The zero-order chi connectivity index (χ0) is 36.4. The van der Waals surface area contributed by atoms with Crippen molar-refractivity contribution >= 4 is 17.7 Å². The van der Waals surface area contributed by atoms with Crippen LogP contribution in [0.15, 0.2) is 35.5 Å². The van der Waals surface area contributed by atoms with Crippen LogP contribution in [0, 0.1) is 56.7 Å². The number of carboxylic acids is 1. The molecule has 276 valence electrons. The van der Waals surface area contributed by atoms with Gasteiger partial charge in [-0.3, -0.25) is 19.4 Å². The molecule has 1 aromatic heterocycles. The molecule has 0 saturated heterocycles. The summed E-state index contributed by atoms with van der Waals surface area (Å²) < 4.78 is 6.14. The van der Waals surface area contributed by atoms with Gasteiger partial charge in [0.2, 0.25) is 0 Å². The van der Waals surface area contributed by atoms with E-state index >= 15 is 0 Å². The number of aliphatic carboxylic acids is 1. The second-order valence-electron chi connectivity index (χ2n) is 18.9. The Labute approximate surface area is 299 Å². The third-order valence-electron chi connectivity index (χ3n) is 15.0. The number of hydrogen-bond acceptors (Lipinski definition) is 7. The summed E-state index contributed by atoms with van der Waals surface area (Å²) in [6.07, 6.45) is 9.18. The van der Waals surface area contributed by atoms with Gasteiger partial charge in [0, 0.05) is 36.5 Å². The van der Waals surface area contributed by atoms with Crippen molar-refractivity contribution in [3.05, 3.63) is 41.2 Å². The van der Waals surface area contributed by atoms with Crippen LogP contribution in [-0.4, -0.2) is 51.7 Å². The Bertz CT molecular complexity index is 1520. The number of esters is 1. The first kappa shape index (κ1) is 37.2. The molecule has 4 fully saturated rings. The average Bonchev–Trinajstić information content (AvgIpc) is 3.36. The van der Waals surface area contributed by atoms with E-state index in [4.69, 9.17) is 4.74 Å². The van der Waals surface area contributed by atoms with Crippen molar-refractivity contribution < 1.29 is 29.3 Å². The number of pyridine rings is 1. The van der Waals surface area contributed by atoms with E-state index in [2.05, 4.69) is 51.8 Å². The maximum Gasteiger partial charge on any atom is 0.309 e. The van der Waals surface area contributed by atoms with Gasteiger partial charge in [0.05, 0.1) is 23.6 Å². The number of Topliss-reactive ketones (excluding diaryl/α,β-unsaturated/α-hetero) is 1. The summed E-state index contributed by atoms with van der Waals surface area (Å²) in [5.74, 6) is 0.646. The Balaban J connectivity index is 1.23. The lowest BCUT2D eigenvalue weighted by molar-refractivity contribution is -0.214. The monoisotopic (exact) mass is 690 g/mol. The van der Waals surface area contributed by atoms with Gasteiger partial charge in [-0.1, -0.05) is 53.2 Å². The average molecular weight is 691 g/mol. The number of carbonyl (C=O) groups excluding carboxylic acids is 2. The number of nitrogens with zero attached hydrogens (tertiary/aromatic N) is 1. The summed E-state index contributed by atoms with van der Waals surface area (Å²) in [6.45, 7) is 18.1. The second-order valence-corrected chi connectivity index (χ2v) is 18.9. The minimum atomic E-state index is -1.16. The Kier molecular flexibility index (Phi) is 9.76. The van der Waals surface area contributed by atoms with Gasteiger partial charge in [-0.05, 0) is 123 Å². The van der Waals surface area contributed by atoms with E-state index in [1.165, 1.54) is 5.57 Å². The fourth-order valence-electron chi connectivity index (χ4n) is 12.6. The van der Waals surface area contributed by atoms with E-state index in [0.29, 0.717) is 43.2 Å². The topological polar surface area (TPSA) is 126 Å². The van der Waals surface area contributed by atoms with Crippen molar-refractivity contribution in [2.24, 2.45) is 56.7 Å². The van der Waals surface area contributed by atoms with Crippen LogP contribution < -0.4 is 5.32 Å². The molecule has 0 spiro atoms. The highest BCUT2D eigenvalue weighted by Gasteiger charge is 2.67. The van der Waals surface area contributed by atoms with Crippen LogP contribution in [0.2, 0.25) is 0 Å². The molecule has 9 unspecified atom stereocenters. The molecule has 8 nitrogen and oxygen atoms in total. The fourth-order valence-corrected chi connectivity index (χ4v) is 12.6. The molecule has 9 atom stereocenters. The van der Waals surface area contributed by atoms with Crippen LogP contribution in [0.4, 0.5) is 0 Å². The first-order chi connectivity index (χ1) is 23.4. The highest BCUT2D eigenvalue weighted by Crippen LogP contribution is 2.73. The molecule has 50 heavy (non-hydrogen) atoms. The number of aromatic nitrogens is 1. The molecule has 6 rings (SSSR count). The van der Waals surface area contributed by atoms with Crippen molar-refractivity contribution in [2.45, 2.75) is 138 Å². The molecule has 1 heterocycles. The molecule has 0 aliphatic heterocycles. The van der Waals surface area contributed by atoms with Crippen LogP contribution in [0.1, 0.15) is 125 Å². The number of fused-ring (bicyclic) bond motifs is 7. The summed E-state index contributed by atoms with van der Waals surface area (Å²) in [7, 11) is 0. The number of aliphatic hydroxyl groups is 1. The molecule has 0 amide bonds. The zero-order valence-electron chi connectivity index (χ0n) is 31.8. The van der Waals surface area contributed by atoms with Crippen LogP contribution >= 0.6 is 0 Å². The maximum absolute atomic E-state index is 13.9. The predicted molar refractivity (Wildman–Crippen MR) is 193 cm³/mol. The Hall–Kier alpha value is -2.58. The molecule has 0 bridgehead atoms. The summed E-state index contributed by atoms with van der Waals surface area (Å²) in [5.41, 5.74) is 1.56. The lowest BCUT2D eigenvalue weighted by Crippen LogP contribution is -2.63. The number of hydrogen-bond donors (Lipinski definition) is 3. The maximum atomic E-state index is 13.9. The van der Waals surface area contributed by atoms with Crippen LogP contribution in [0.25, 0.3) is 0 Å². The third-order valence-corrected chi connectivity index (χ3v) is 15.0. The van der Waals surface area contributed by atoms with E-state index in [1.807, 2.05) is 18.2 Å². The number of carbonyl (C=O) groups is 3. The molecular weight excluding hydrogens is 628 g/mol. The number of ether oxygens (including phenoxy) is 1. The minimum absolute atomic E-state index is 0.0922. The molecule has 8 heteroatoms. The molecular formula is C42H62N2O6. The number of nitrogens with one attached hydrogen (secondary N) is 1. The lowest BCUT2D eigenvalue weighted by Gasteiger charge is -2.69. The molecule has 0 aromatic carbocycles. The predicted octanol–water partition coefficient (Wildman–Crippen LogP) is 7.54. The molecule has 0 radical (unpaired) electrons. The zero-order valence-corrected chi connectivity index (χ0v) is 31.8. The largest absolute Gasteiger partial charge is 0.481 e. The molecule has 5 aliphatic rings. The van der Waals surface area contributed by atoms with E-state index < -0.39 is 28.9 Å². The highest BCUT2D eigenvalue weighted by atomic mass is 16.5. The van der Waals surface area contributed by atoms with E-state index in [9.17, 15) is 24.6 Å². The van der Waals surface area contributed by atoms with Crippen LogP contribution in [-0.2, 0) is 25.7 Å². The quantitative estimate of drug-likeness (QED) is 0.215. The molecule has 1 aromatic rings. The normalized spacial score (nSPS) is 37.0. The van der Waals surface area contributed by atoms with Crippen LogP contribution in [0.3, 0.4) is 0 Å². The third kappa shape index (κ3) is 5.98. The Morgan fingerprint density at radius 1 is 1.00 bits per heavy atom. The number of allylic oxidation sites excluding steroid dienone is 1. The van der Waals surface area contributed by atoms with Gasteiger partial charge in [0.15, 0.2) is 5.78 Å². The van der Waals surface area contributed by atoms with Gasteiger partial charge < -0.3 is 20.3 Å². The Morgan fingerprint density at radius 3 is 2.38 bits per heavy atom. The highest BCUT2D eigenvalue weighted by molar-refractivity contribution is 6.00. The molecule has 4 saturated carbocycles. The van der Waals surface area contributed by atoms with Crippen molar-refractivity contribution in [3.8, 4) is 0 Å². The van der Waals surface area contributed by atoms with Crippen molar-refractivity contribution in [1.82, 2.24) is 10.3 Å². The first-order valence-electron chi connectivity index (χ1n) is 19.4. The standard InChI is InChI=1S/C42H62N2O6/c1-25(2)35-29(45)21-42(32(46)24-43-23-26-11-9-10-20-44-26)19-14-28-27(36(35)42)12-13-31-40(28,7)17-15-30-39(5,6)33(16-18-41(30,31)8)50-34(47)22-38(3,4)37(48)49/h9-11,20,25,27-28,30-33,43,46H,12-19,21-24H2,1-8H3,(H,48,49). The van der Waals surface area contributed by atoms with Crippen LogP contribution in [0.5, 0.6) is 0 Å². The number of carboxylic acid groups (broad SMARTS) is 1. The second kappa shape index (κ2) is 13.1. The molecule has 5 aliphatic carbocycles. The van der Waals surface area contributed by atoms with Gasteiger partial charge in [-0.2, -0.15) is 0 Å². The Morgan fingerprint density at radius 2 is 1.72 bits per heavy atom. The minimum Gasteiger partial charge on any atom is -0.481 e. The van der Waals surface area contributed by atoms with Gasteiger partial charge in [-0.25, -0.2) is 0 Å². The number of ketones is 1. The van der Waals surface area contributed by atoms with E-state index in [0.717, 1.165) is 62.6 Å². The van der Waals surface area contributed by atoms with Gasteiger partial charge >= 0.3 is 11.9 Å². The first-order valence-corrected chi connectivity index (χ1v) is 19.4. The SMILES string of the molecule is CC(C)C1=C2C3CCC4C(C)(CCC5C(C)(C)C(OC(=O)CC(C)(C)C(=O)O)CCC54C)C3CCC2(C(O)CNCc2ccccn2)CC1=O. The van der Waals surface area contributed by atoms with E-state index in [-0.39, 0.29) is 40.5 Å². The van der Waals surface area contributed by atoms with Gasteiger partial charge in [0.25, 0.3) is 0 Å². The van der Waals surface area contributed by atoms with Crippen molar-refractivity contribution in [2.75, 3.05) is 6.54 Å². The number of aliphatic hydroxyl groups excluding tert-OH is 1.